The Bertz CT molecular complexity index is 663. The third-order valence-electron chi connectivity index (χ3n) is 2.69. The molecule has 3 rings (SSSR count). The summed E-state index contributed by atoms with van der Waals surface area (Å²) in [6.07, 6.45) is 4.07. The molecule has 0 radical (unpaired) electrons. The van der Waals surface area contributed by atoms with Crippen molar-refractivity contribution in [3.05, 3.63) is 60.2 Å². The van der Waals surface area contributed by atoms with Crippen molar-refractivity contribution in [2.75, 3.05) is 0 Å². The van der Waals surface area contributed by atoms with E-state index >= 15 is 0 Å². The molecule has 1 aromatic carbocycles. The van der Waals surface area contributed by atoms with Gasteiger partial charge in [0.2, 0.25) is 0 Å². The van der Waals surface area contributed by atoms with E-state index in [4.69, 9.17) is 4.52 Å². The lowest BCUT2D eigenvalue weighted by Crippen LogP contribution is -1.90. The van der Waals surface area contributed by atoms with Crippen molar-refractivity contribution in [3.8, 4) is 17.2 Å². The summed E-state index contributed by atoms with van der Waals surface area (Å²) in [6.45, 7) is 0. The fourth-order valence-corrected chi connectivity index (χ4v) is 1.73. The Hall–Kier alpha value is -2.69. The molecule has 0 unspecified atom stereocenters. The van der Waals surface area contributed by atoms with Gasteiger partial charge in [-0.1, -0.05) is 5.16 Å². The zero-order chi connectivity index (χ0) is 13.1. The molecule has 0 bridgehead atoms. The second-order valence-electron chi connectivity index (χ2n) is 4.09. The Kier molecular flexibility index (Phi) is 2.94. The van der Waals surface area contributed by atoms with Gasteiger partial charge >= 0.3 is 0 Å². The highest BCUT2D eigenvalue weighted by Gasteiger charge is 2.09. The van der Waals surface area contributed by atoms with E-state index in [0.29, 0.717) is 18.1 Å². The molecule has 0 fully saturated rings. The van der Waals surface area contributed by atoms with Crippen LogP contribution in [0.4, 0.5) is 0 Å². The first-order valence-electron chi connectivity index (χ1n) is 5.82. The lowest BCUT2D eigenvalue weighted by molar-refractivity contribution is 0.423. The molecule has 0 aliphatic carbocycles. The largest absolute Gasteiger partial charge is 0.508 e. The Morgan fingerprint density at radius 3 is 2.47 bits per heavy atom. The lowest BCUT2D eigenvalue weighted by atomic mass is 10.2. The Morgan fingerprint density at radius 1 is 1.00 bits per heavy atom. The fourth-order valence-electron chi connectivity index (χ4n) is 1.73. The molecule has 2 aromatic heterocycles. The van der Waals surface area contributed by atoms with Gasteiger partial charge in [-0.15, -0.1) is 0 Å². The number of benzene rings is 1. The molecule has 0 atom stereocenters. The maximum atomic E-state index is 9.23. The monoisotopic (exact) mass is 253 g/mol. The highest BCUT2D eigenvalue weighted by atomic mass is 16.5. The van der Waals surface area contributed by atoms with Crippen LogP contribution in [0, 0.1) is 0 Å². The van der Waals surface area contributed by atoms with Crippen molar-refractivity contribution in [1.29, 1.82) is 0 Å². The number of pyridine rings is 1. The summed E-state index contributed by atoms with van der Waals surface area (Å²) in [6, 6.07) is 10.5. The van der Waals surface area contributed by atoms with E-state index in [1.165, 1.54) is 0 Å². The molecule has 3 aromatic rings. The van der Waals surface area contributed by atoms with Gasteiger partial charge in [-0.25, -0.2) is 0 Å². The van der Waals surface area contributed by atoms with E-state index in [1.54, 1.807) is 36.7 Å². The quantitative estimate of drug-likeness (QED) is 0.776. The zero-order valence-electron chi connectivity index (χ0n) is 10.0. The Morgan fingerprint density at radius 2 is 1.74 bits per heavy atom. The molecular weight excluding hydrogens is 242 g/mol. The normalized spacial score (nSPS) is 10.5. The zero-order valence-corrected chi connectivity index (χ0v) is 10.0. The number of phenols is 1. The smallest absolute Gasteiger partial charge is 0.257 e. The van der Waals surface area contributed by atoms with Gasteiger partial charge in [0.05, 0.1) is 0 Å². The molecule has 1 N–H and O–H groups in total. The lowest BCUT2D eigenvalue weighted by Gasteiger charge is -1.94. The van der Waals surface area contributed by atoms with Crippen molar-refractivity contribution in [2.45, 2.75) is 6.42 Å². The molecule has 19 heavy (non-hydrogen) atoms. The average molecular weight is 253 g/mol. The minimum absolute atomic E-state index is 0.209. The standard InChI is InChI=1S/C14H11N3O2/c18-12-3-1-11(2-4-12)14-16-13(17-19-14)9-10-5-7-15-8-6-10/h1-8,18H,9H2. The van der Waals surface area contributed by atoms with Crippen LogP contribution in [0.1, 0.15) is 11.4 Å². The summed E-state index contributed by atoms with van der Waals surface area (Å²) in [5, 5.41) is 13.2. The Balaban J connectivity index is 1.82. The van der Waals surface area contributed by atoms with E-state index in [0.717, 1.165) is 11.1 Å². The minimum atomic E-state index is 0.209. The number of rotatable bonds is 3. The van der Waals surface area contributed by atoms with Crippen LogP contribution in [0.5, 0.6) is 5.75 Å². The summed E-state index contributed by atoms with van der Waals surface area (Å²) in [5.74, 6) is 1.28. The highest BCUT2D eigenvalue weighted by Crippen LogP contribution is 2.20. The van der Waals surface area contributed by atoms with Gasteiger partial charge in [0.15, 0.2) is 5.82 Å². The second kappa shape index (κ2) is 4.89. The number of nitrogens with zero attached hydrogens (tertiary/aromatic N) is 3. The van der Waals surface area contributed by atoms with Crippen LogP contribution >= 0.6 is 0 Å². The van der Waals surface area contributed by atoms with Gasteiger partial charge in [0.1, 0.15) is 5.75 Å². The van der Waals surface area contributed by atoms with Crippen molar-refractivity contribution in [1.82, 2.24) is 15.1 Å². The van der Waals surface area contributed by atoms with Crippen LogP contribution in [0.15, 0.2) is 53.3 Å². The summed E-state index contributed by atoms with van der Waals surface area (Å²) in [5.41, 5.74) is 1.86. The van der Waals surface area contributed by atoms with Gasteiger partial charge < -0.3 is 9.63 Å². The first-order valence-corrected chi connectivity index (χ1v) is 5.82. The molecule has 0 spiro atoms. The number of hydrogen-bond donors (Lipinski definition) is 1. The van der Waals surface area contributed by atoms with Crippen molar-refractivity contribution >= 4 is 0 Å². The molecule has 5 heteroatoms. The summed E-state index contributed by atoms with van der Waals surface area (Å²) in [7, 11) is 0. The Labute approximate surface area is 109 Å². The summed E-state index contributed by atoms with van der Waals surface area (Å²) < 4.78 is 5.20. The van der Waals surface area contributed by atoms with Gasteiger partial charge in [0.25, 0.3) is 5.89 Å². The second-order valence-corrected chi connectivity index (χ2v) is 4.09. The van der Waals surface area contributed by atoms with Crippen molar-refractivity contribution < 1.29 is 9.63 Å². The third kappa shape index (κ3) is 2.60. The third-order valence-corrected chi connectivity index (χ3v) is 2.69. The van der Waals surface area contributed by atoms with E-state index in [-0.39, 0.29) is 5.75 Å². The van der Waals surface area contributed by atoms with Crippen LogP contribution in [0.2, 0.25) is 0 Å². The summed E-state index contributed by atoms with van der Waals surface area (Å²) in [4.78, 5) is 8.29. The SMILES string of the molecule is Oc1ccc(-c2nc(Cc3ccncc3)no2)cc1. The van der Waals surface area contributed by atoms with Crippen LogP contribution in [0.3, 0.4) is 0 Å². The molecule has 2 heterocycles. The van der Waals surface area contributed by atoms with E-state index in [2.05, 4.69) is 15.1 Å². The van der Waals surface area contributed by atoms with Gasteiger partial charge in [-0.05, 0) is 42.0 Å². The van der Waals surface area contributed by atoms with Gasteiger partial charge in [0, 0.05) is 24.4 Å². The van der Waals surface area contributed by atoms with Crippen LogP contribution < -0.4 is 0 Å². The van der Waals surface area contributed by atoms with E-state index in [9.17, 15) is 5.11 Å². The number of aromatic hydroxyl groups is 1. The van der Waals surface area contributed by atoms with Crippen LogP contribution in [0.25, 0.3) is 11.5 Å². The van der Waals surface area contributed by atoms with E-state index in [1.807, 2.05) is 12.1 Å². The molecule has 0 aliphatic rings. The maximum Gasteiger partial charge on any atom is 0.257 e. The van der Waals surface area contributed by atoms with E-state index < -0.39 is 0 Å². The highest BCUT2D eigenvalue weighted by molar-refractivity contribution is 5.54. The molecule has 0 aliphatic heterocycles. The molecule has 94 valence electrons. The number of phenolic OH excluding ortho intramolecular Hbond substituents is 1. The molecule has 0 saturated carbocycles. The predicted octanol–water partition coefficient (Wildman–Crippen LogP) is 2.43. The van der Waals surface area contributed by atoms with Crippen LogP contribution in [-0.2, 0) is 6.42 Å². The number of aromatic nitrogens is 3. The van der Waals surface area contributed by atoms with Crippen molar-refractivity contribution in [2.24, 2.45) is 0 Å². The first-order chi connectivity index (χ1) is 9.31. The van der Waals surface area contributed by atoms with Crippen LogP contribution in [-0.4, -0.2) is 20.2 Å². The topological polar surface area (TPSA) is 72.0 Å². The molecule has 0 saturated heterocycles. The average Bonchev–Trinajstić information content (AvgIpc) is 2.89. The predicted molar refractivity (Wildman–Crippen MR) is 68.4 cm³/mol. The molecule has 5 nitrogen and oxygen atoms in total. The maximum absolute atomic E-state index is 9.23. The molecule has 0 amide bonds. The van der Waals surface area contributed by atoms with Gasteiger partial charge in [-0.3, -0.25) is 4.98 Å². The minimum Gasteiger partial charge on any atom is -0.508 e. The van der Waals surface area contributed by atoms with Gasteiger partial charge in [-0.2, -0.15) is 4.98 Å². The molecular formula is C14H11N3O2. The van der Waals surface area contributed by atoms with Crippen molar-refractivity contribution in [3.63, 3.8) is 0 Å². The number of hydrogen-bond acceptors (Lipinski definition) is 5. The fraction of sp³-hybridized carbons (Fsp3) is 0.0714. The first kappa shape index (κ1) is 11.4. The summed E-state index contributed by atoms with van der Waals surface area (Å²) >= 11 is 0.